The first-order chi connectivity index (χ1) is 15.6. The summed E-state index contributed by atoms with van der Waals surface area (Å²) >= 11 is 0. The van der Waals surface area contributed by atoms with E-state index in [0.29, 0.717) is 19.5 Å². The minimum Gasteiger partial charge on any atom is -0.356 e. The molecule has 166 valence electrons. The fraction of sp³-hybridized carbons (Fsp3) is 0.423. The molecule has 0 unspecified atom stereocenters. The number of fused-ring (bicyclic) bond motifs is 2. The van der Waals surface area contributed by atoms with Crippen LogP contribution in [0.1, 0.15) is 66.7 Å². The summed E-state index contributed by atoms with van der Waals surface area (Å²) in [5.74, 6) is 1.07. The summed E-state index contributed by atoms with van der Waals surface area (Å²) in [7, 11) is 0. The average Bonchev–Trinajstić information content (AvgIpc) is 3.38. The smallest absolute Gasteiger partial charge is 0.254 e. The highest BCUT2D eigenvalue weighted by Crippen LogP contribution is 2.41. The van der Waals surface area contributed by atoms with Gasteiger partial charge >= 0.3 is 0 Å². The number of carbonyl (C=O) groups excluding carboxylic acids is 2. The molecule has 1 aliphatic heterocycles. The zero-order valence-electron chi connectivity index (χ0n) is 18.4. The maximum Gasteiger partial charge on any atom is 0.254 e. The molecule has 3 aromatic rings. The predicted octanol–water partition coefficient (Wildman–Crippen LogP) is 4.36. The van der Waals surface area contributed by atoms with Gasteiger partial charge in [0.2, 0.25) is 5.91 Å². The van der Waals surface area contributed by atoms with Crippen LogP contribution in [0.15, 0.2) is 48.5 Å². The van der Waals surface area contributed by atoms with E-state index in [-0.39, 0.29) is 17.4 Å². The number of nitrogens with zero attached hydrogens (tertiary/aromatic N) is 2. The van der Waals surface area contributed by atoms with Gasteiger partial charge in [0.25, 0.3) is 5.91 Å². The van der Waals surface area contributed by atoms with E-state index < -0.39 is 0 Å². The van der Waals surface area contributed by atoms with Gasteiger partial charge in [0.05, 0.1) is 16.6 Å². The number of imidazole rings is 1. The molecular weight excluding hydrogens is 400 g/mol. The molecule has 1 fully saturated rings. The number of aromatic nitrogens is 2. The largest absolute Gasteiger partial charge is 0.356 e. The molecular formula is C26H30N4O2. The summed E-state index contributed by atoms with van der Waals surface area (Å²) in [5.41, 5.74) is 3.53. The lowest BCUT2D eigenvalue weighted by Gasteiger charge is -2.44. The van der Waals surface area contributed by atoms with Crippen LogP contribution in [0, 0.1) is 0 Å². The van der Waals surface area contributed by atoms with Gasteiger partial charge in [-0.3, -0.25) is 9.59 Å². The molecule has 6 nitrogen and oxygen atoms in total. The molecule has 2 N–H and O–H groups in total. The predicted molar refractivity (Wildman–Crippen MR) is 124 cm³/mol. The van der Waals surface area contributed by atoms with Crippen molar-refractivity contribution in [3.05, 3.63) is 65.5 Å². The van der Waals surface area contributed by atoms with Crippen LogP contribution in [0.4, 0.5) is 0 Å². The zero-order valence-corrected chi connectivity index (χ0v) is 18.4. The Balaban J connectivity index is 1.19. The molecule has 0 atom stereocenters. The molecule has 2 amide bonds. The van der Waals surface area contributed by atoms with Crippen LogP contribution in [-0.2, 0) is 17.8 Å². The zero-order chi connectivity index (χ0) is 22.0. The summed E-state index contributed by atoms with van der Waals surface area (Å²) in [6, 6.07) is 15.8. The van der Waals surface area contributed by atoms with Gasteiger partial charge in [0, 0.05) is 31.5 Å². The van der Waals surface area contributed by atoms with Crippen LogP contribution in [0.5, 0.6) is 0 Å². The second-order valence-electron chi connectivity index (χ2n) is 9.16. The molecule has 2 heterocycles. The third kappa shape index (κ3) is 4.01. The molecule has 0 saturated heterocycles. The van der Waals surface area contributed by atoms with Crippen LogP contribution < -0.4 is 5.32 Å². The first kappa shape index (κ1) is 20.7. The highest BCUT2D eigenvalue weighted by atomic mass is 16.2. The molecule has 5 rings (SSSR count). The number of aromatic amines is 1. The standard InChI is InChI=1S/C26H30N4O2/c31-24(27-16-8-13-23-28-21-11-4-5-12-22(21)29-23)17-26(14-6-1-7-15-26)30-18-19-9-2-3-10-20(19)25(30)32/h2-5,9-12H,1,6-8,13-18H2,(H,27,31)(H,28,29). The van der Waals surface area contributed by atoms with E-state index in [2.05, 4.69) is 15.3 Å². The van der Waals surface area contributed by atoms with Gasteiger partial charge < -0.3 is 15.2 Å². The van der Waals surface area contributed by atoms with Gasteiger partial charge in [-0.05, 0) is 43.0 Å². The number of para-hydroxylation sites is 2. The van der Waals surface area contributed by atoms with Gasteiger partial charge in [-0.25, -0.2) is 4.98 Å². The molecule has 1 aromatic heterocycles. The van der Waals surface area contributed by atoms with Crippen LogP contribution in [0.2, 0.25) is 0 Å². The number of hydrogen-bond donors (Lipinski definition) is 2. The molecule has 32 heavy (non-hydrogen) atoms. The van der Waals surface area contributed by atoms with Gasteiger partial charge in [0.1, 0.15) is 5.82 Å². The molecule has 0 bridgehead atoms. The lowest BCUT2D eigenvalue weighted by atomic mass is 9.77. The minimum atomic E-state index is -0.364. The van der Waals surface area contributed by atoms with Crippen molar-refractivity contribution < 1.29 is 9.59 Å². The van der Waals surface area contributed by atoms with E-state index >= 15 is 0 Å². The summed E-state index contributed by atoms with van der Waals surface area (Å²) in [4.78, 5) is 36.0. The molecule has 2 aromatic carbocycles. The number of hydrogen-bond acceptors (Lipinski definition) is 3. The SMILES string of the molecule is O=C(CC1(N2Cc3ccccc3C2=O)CCCCC1)NCCCc1nc2ccccc2[nH]1. The van der Waals surface area contributed by atoms with Crippen molar-refractivity contribution in [3.63, 3.8) is 0 Å². The Morgan fingerprint density at radius 1 is 1.06 bits per heavy atom. The monoisotopic (exact) mass is 430 g/mol. The average molecular weight is 431 g/mol. The Morgan fingerprint density at radius 3 is 2.66 bits per heavy atom. The number of aryl methyl sites for hydroxylation is 1. The second kappa shape index (κ2) is 8.77. The van der Waals surface area contributed by atoms with Crippen LogP contribution in [0.25, 0.3) is 11.0 Å². The topological polar surface area (TPSA) is 78.1 Å². The molecule has 1 saturated carbocycles. The molecule has 2 aliphatic rings. The van der Waals surface area contributed by atoms with E-state index in [9.17, 15) is 9.59 Å². The molecule has 1 aliphatic carbocycles. The fourth-order valence-corrected chi connectivity index (χ4v) is 5.36. The quantitative estimate of drug-likeness (QED) is 0.547. The Labute approximate surface area is 188 Å². The van der Waals surface area contributed by atoms with Crippen molar-refractivity contribution in [2.75, 3.05) is 6.54 Å². The Kier molecular flexibility index (Phi) is 5.68. The van der Waals surface area contributed by atoms with Crippen molar-refractivity contribution >= 4 is 22.8 Å². The minimum absolute atomic E-state index is 0.0419. The highest BCUT2D eigenvalue weighted by Gasteiger charge is 2.45. The van der Waals surface area contributed by atoms with Gasteiger partial charge in [0.15, 0.2) is 0 Å². The van der Waals surface area contributed by atoms with Crippen LogP contribution in [0.3, 0.4) is 0 Å². The van der Waals surface area contributed by atoms with Crippen molar-refractivity contribution in [2.45, 2.75) is 63.5 Å². The number of carbonyl (C=O) groups is 2. The van der Waals surface area contributed by atoms with Gasteiger partial charge in [-0.2, -0.15) is 0 Å². The molecule has 0 radical (unpaired) electrons. The van der Waals surface area contributed by atoms with Gasteiger partial charge in [-0.1, -0.05) is 49.6 Å². The summed E-state index contributed by atoms with van der Waals surface area (Å²) in [5, 5.41) is 3.10. The van der Waals surface area contributed by atoms with Crippen LogP contribution in [-0.4, -0.2) is 38.8 Å². The van der Waals surface area contributed by atoms with Crippen molar-refractivity contribution in [1.82, 2.24) is 20.2 Å². The number of benzene rings is 2. The summed E-state index contributed by atoms with van der Waals surface area (Å²) < 4.78 is 0. The maximum atomic E-state index is 13.2. The first-order valence-electron chi connectivity index (χ1n) is 11.7. The normalized spacial score (nSPS) is 17.5. The maximum absolute atomic E-state index is 13.2. The Bertz CT molecular complexity index is 1100. The number of H-pyrrole nitrogens is 1. The van der Waals surface area contributed by atoms with E-state index in [4.69, 9.17) is 0 Å². The third-order valence-corrected chi connectivity index (χ3v) is 7.02. The van der Waals surface area contributed by atoms with E-state index in [1.807, 2.05) is 53.4 Å². The van der Waals surface area contributed by atoms with Crippen LogP contribution >= 0.6 is 0 Å². The summed E-state index contributed by atoms with van der Waals surface area (Å²) in [6.45, 7) is 1.23. The number of rotatable bonds is 7. The van der Waals surface area contributed by atoms with Crippen molar-refractivity contribution in [3.8, 4) is 0 Å². The third-order valence-electron chi connectivity index (χ3n) is 7.02. The first-order valence-corrected chi connectivity index (χ1v) is 11.7. The number of amides is 2. The Hall–Kier alpha value is -3.15. The lowest BCUT2D eigenvalue weighted by molar-refractivity contribution is -0.124. The number of nitrogens with one attached hydrogen (secondary N) is 2. The van der Waals surface area contributed by atoms with Gasteiger partial charge in [-0.15, -0.1) is 0 Å². The fourth-order valence-electron chi connectivity index (χ4n) is 5.36. The highest BCUT2D eigenvalue weighted by molar-refractivity contribution is 5.99. The van der Waals surface area contributed by atoms with E-state index in [1.165, 1.54) is 6.42 Å². The van der Waals surface area contributed by atoms with E-state index in [0.717, 1.165) is 66.5 Å². The van der Waals surface area contributed by atoms with E-state index in [1.54, 1.807) is 0 Å². The van der Waals surface area contributed by atoms with Crippen molar-refractivity contribution in [2.24, 2.45) is 0 Å². The Morgan fingerprint density at radius 2 is 1.84 bits per heavy atom. The van der Waals surface area contributed by atoms with Crippen molar-refractivity contribution in [1.29, 1.82) is 0 Å². The lowest BCUT2D eigenvalue weighted by Crippen LogP contribution is -2.52. The molecule has 0 spiro atoms. The molecule has 6 heteroatoms. The summed E-state index contributed by atoms with van der Waals surface area (Å²) in [6.07, 6.45) is 7.12. The second-order valence-corrected chi connectivity index (χ2v) is 9.16.